The maximum absolute atomic E-state index is 11.3. The van der Waals surface area contributed by atoms with E-state index in [1.54, 1.807) is 6.07 Å². The highest BCUT2D eigenvalue weighted by Gasteiger charge is 2.22. The molecule has 1 aliphatic rings. The normalized spacial score (nSPS) is 17.8. The average Bonchev–Trinajstić information content (AvgIpc) is 2.65. The number of carbonyl (C=O) groups excluding carboxylic acids is 1. The second-order valence-corrected chi connectivity index (χ2v) is 8.02. The van der Waals surface area contributed by atoms with Crippen molar-refractivity contribution in [3.63, 3.8) is 0 Å². The number of carbonyl (C=O) groups is 1. The van der Waals surface area contributed by atoms with Crippen LogP contribution in [0.1, 0.15) is 12.0 Å². The minimum atomic E-state index is -3.79. The lowest BCUT2D eigenvalue weighted by molar-refractivity contribution is -0.139. The Morgan fingerprint density at radius 2 is 2.16 bits per heavy atom. The lowest BCUT2D eigenvalue weighted by Crippen LogP contribution is -2.01. The first-order valence-electron chi connectivity index (χ1n) is 5.22. The third-order valence-corrected chi connectivity index (χ3v) is 5.55. The Morgan fingerprint density at radius 1 is 1.47 bits per heavy atom. The standard InChI is InChI=1S/C12H11ClO4S2/c1-17-12(14)5-8-7-18(2)11-4-3-9(6-10(8)11)19(13,15)16/h3-4,6-7H,2,5H2,1H3. The third kappa shape index (κ3) is 2.91. The van der Waals surface area contributed by atoms with Gasteiger partial charge in [-0.2, -0.15) is 0 Å². The Labute approximate surface area is 118 Å². The van der Waals surface area contributed by atoms with Gasteiger partial charge in [0, 0.05) is 15.6 Å². The van der Waals surface area contributed by atoms with Crippen LogP contribution in [0, 0.1) is 0 Å². The maximum Gasteiger partial charge on any atom is 0.310 e. The maximum atomic E-state index is 11.3. The Hall–Kier alpha value is -1.11. The molecule has 1 heterocycles. The molecule has 0 amide bonds. The van der Waals surface area contributed by atoms with Crippen molar-refractivity contribution in [1.29, 1.82) is 0 Å². The molecule has 0 bridgehead atoms. The van der Waals surface area contributed by atoms with Crippen LogP contribution in [0.2, 0.25) is 0 Å². The molecule has 1 aromatic rings. The highest BCUT2D eigenvalue weighted by Crippen LogP contribution is 2.44. The number of hydrogen-bond donors (Lipinski definition) is 0. The highest BCUT2D eigenvalue weighted by molar-refractivity contribution is 8.17. The summed E-state index contributed by atoms with van der Waals surface area (Å²) in [6, 6.07) is 4.60. The first-order chi connectivity index (χ1) is 8.82. The van der Waals surface area contributed by atoms with Crippen molar-refractivity contribution >= 4 is 47.6 Å². The first kappa shape index (κ1) is 14.3. The minimum absolute atomic E-state index is 0.0163. The summed E-state index contributed by atoms with van der Waals surface area (Å²) >= 11 is 0. The average molecular weight is 319 g/mol. The largest absolute Gasteiger partial charge is 0.469 e. The number of hydrogen-bond acceptors (Lipinski definition) is 4. The molecular formula is C12H11ClO4S2. The zero-order valence-electron chi connectivity index (χ0n) is 10.1. The summed E-state index contributed by atoms with van der Waals surface area (Å²) in [5, 5.41) is 1.85. The highest BCUT2D eigenvalue weighted by atomic mass is 35.7. The fourth-order valence-electron chi connectivity index (χ4n) is 1.80. The monoisotopic (exact) mass is 318 g/mol. The number of fused-ring (bicyclic) bond motifs is 1. The molecule has 0 saturated carbocycles. The summed E-state index contributed by atoms with van der Waals surface area (Å²) in [5.74, 6) is 3.59. The number of methoxy groups -OCH3 is 1. The van der Waals surface area contributed by atoms with E-state index < -0.39 is 9.05 Å². The Kier molecular flexibility index (Phi) is 3.85. The number of halogens is 1. The fourth-order valence-corrected chi connectivity index (χ4v) is 3.98. The van der Waals surface area contributed by atoms with Crippen molar-refractivity contribution in [1.82, 2.24) is 0 Å². The molecule has 2 rings (SSSR count). The Morgan fingerprint density at radius 3 is 2.74 bits per heavy atom. The molecular weight excluding hydrogens is 308 g/mol. The van der Waals surface area contributed by atoms with Gasteiger partial charge in [0.2, 0.25) is 0 Å². The summed E-state index contributed by atoms with van der Waals surface area (Å²) in [6.45, 7) is 0. The van der Waals surface area contributed by atoms with E-state index in [0.29, 0.717) is 5.56 Å². The van der Waals surface area contributed by atoms with Crippen LogP contribution in [0.25, 0.3) is 5.57 Å². The molecule has 1 aliphatic heterocycles. The van der Waals surface area contributed by atoms with Gasteiger partial charge in [-0.25, -0.2) is 8.42 Å². The SMILES string of the molecule is C=S1C=C(CC(=O)OC)c2cc(S(=O)(=O)Cl)ccc21. The first-order valence-corrected chi connectivity index (χ1v) is 8.99. The van der Waals surface area contributed by atoms with Crippen molar-refractivity contribution in [3.8, 4) is 0 Å². The van der Waals surface area contributed by atoms with Gasteiger partial charge in [-0.15, -0.1) is 10.5 Å². The number of esters is 1. The molecule has 0 aromatic heterocycles. The molecule has 0 radical (unpaired) electrons. The second kappa shape index (κ2) is 5.11. The number of rotatable bonds is 3. The van der Waals surface area contributed by atoms with Crippen molar-refractivity contribution in [3.05, 3.63) is 29.2 Å². The predicted molar refractivity (Wildman–Crippen MR) is 77.1 cm³/mol. The lowest BCUT2D eigenvalue weighted by Gasteiger charge is -2.06. The van der Waals surface area contributed by atoms with Gasteiger partial charge in [0.25, 0.3) is 9.05 Å². The molecule has 7 heteroatoms. The van der Waals surface area contributed by atoms with Crippen LogP contribution in [0.5, 0.6) is 0 Å². The van der Waals surface area contributed by atoms with Crippen molar-refractivity contribution in [2.45, 2.75) is 16.2 Å². The van der Waals surface area contributed by atoms with E-state index in [9.17, 15) is 13.2 Å². The quantitative estimate of drug-likeness (QED) is 0.488. The lowest BCUT2D eigenvalue weighted by atomic mass is 10.1. The molecule has 0 fully saturated rings. The van der Waals surface area contributed by atoms with E-state index in [1.807, 2.05) is 5.41 Å². The minimum Gasteiger partial charge on any atom is -0.469 e. The zero-order chi connectivity index (χ0) is 14.2. The van der Waals surface area contributed by atoms with Crippen LogP contribution in [0.15, 0.2) is 33.4 Å². The molecule has 0 N–H and O–H groups in total. The topological polar surface area (TPSA) is 60.4 Å². The van der Waals surface area contributed by atoms with E-state index >= 15 is 0 Å². The molecule has 19 heavy (non-hydrogen) atoms. The van der Waals surface area contributed by atoms with Crippen molar-refractivity contribution < 1.29 is 17.9 Å². The predicted octanol–water partition coefficient (Wildman–Crippen LogP) is 2.59. The van der Waals surface area contributed by atoms with Gasteiger partial charge in [-0.1, -0.05) is 5.87 Å². The summed E-state index contributed by atoms with van der Waals surface area (Å²) < 4.78 is 27.3. The number of ether oxygens (including phenoxy) is 1. The van der Waals surface area contributed by atoms with E-state index in [1.165, 1.54) is 19.2 Å². The summed E-state index contributed by atoms with van der Waals surface area (Å²) in [7, 11) is 2.46. The van der Waals surface area contributed by atoms with Crippen LogP contribution in [0.4, 0.5) is 0 Å². The third-order valence-electron chi connectivity index (χ3n) is 2.71. The van der Waals surface area contributed by atoms with Crippen LogP contribution in [-0.4, -0.2) is 27.4 Å². The van der Waals surface area contributed by atoms with Gasteiger partial charge in [-0.3, -0.25) is 4.79 Å². The van der Waals surface area contributed by atoms with Gasteiger partial charge >= 0.3 is 5.97 Å². The van der Waals surface area contributed by atoms with E-state index in [-0.39, 0.29) is 27.8 Å². The second-order valence-electron chi connectivity index (χ2n) is 3.92. The molecule has 0 spiro atoms. The van der Waals surface area contributed by atoms with Gasteiger partial charge in [0.05, 0.1) is 18.4 Å². The Bertz CT molecular complexity index is 704. The van der Waals surface area contributed by atoms with Crippen LogP contribution in [-0.2, 0) is 18.6 Å². The van der Waals surface area contributed by atoms with Gasteiger partial charge in [0.15, 0.2) is 0 Å². The smallest absolute Gasteiger partial charge is 0.310 e. The van der Waals surface area contributed by atoms with E-state index in [4.69, 9.17) is 10.7 Å². The summed E-state index contributed by atoms with van der Waals surface area (Å²) in [4.78, 5) is 12.3. The molecule has 1 unspecified atom stereocenters. The van der Waals surface area contributed by atoms with E-state index in [2.05, 4.69) is 10.6 Å². The van der Waals surface area contributed by atoms with Crippen LogP contribution < -0.4 is 0 Å². The van der Waals surface area contributed by atoms with Gasteiger partial charge < -0.3 is 4.74 Å². The number of benzene rings is 1. The molecule has 1 aromatic carbocycles. The fraction of sp³-hybridized carbons (Fsp3) is 0.167. The molecule has 0 saturated heterocycles. The van der Waals surface area contributed by atoms with Crippen LogP contribution in [0.3, 0.4) is 0 Å². The molecule has 0 aliphatic carbocycles. The van der Waals surface area contributed by atoms with E-state index in [0.717, 1.165) is 10.5 Å². The van der Waals surface area contributed by atoms with Crippen LogP contribution >= 0.6 is 21.2 Å². The van der Waals surface area contributed by atoms with Gasteiger partial charge in [-0.05, 0) is 34.7 Å². The summed E-state index contributed by atoms with van der Waals surface area (Å²) in [5.41, 5.74) is 1.42. The molecule has 4 nitrogen and oxygen atoms in total. The van der Waals surface area contributed by atoms with Gasteiger partial charge in [0.1, 0.15) is 0 Å². The Balaban J connectivity index is 2.49. The summed E-state index contributed by atoms with van der Waals surface area (Å²) in [6.07, 6.45) is 0.0916. The molecule has 102 valence electrons. The molecule has 1 atom stereocenters. The van der Waals surface area contributed by atoms with Crippen molar-refractivity contribution in [2.24, 2.45) is 0 Å². The van der Waals surface area contributed by atoms with Crippen molar-refractivity contribution in [2.75, 3.05) is 7.11 Å². The zero-order valence-corrected chi connectivity index (χ0v) is 12.4.